The monoisotopic (exact) mass is 1070 g/mol. The van der Waals surface area contributed by atoms with Crippen LogP contribution in [-0.4, -0.2) is 33.7 Å². The summed E-state index contributed by atoms with van der Waals surface area (Å²) >= 11 is 14.3. The summed E-state index contributed by atoms with van der Waals surface area (Å²) in [5.41, 5.74) is -0.683. The van der Waals surface area contributed by atoms with E-state index in [1.54, 1.807) is 36.7 Å². The Morgan fingerprint density at radius 1 is 0.545 bits per heavy atom. The molecule has 1 unspecified atom stereocenters. The molecule has 1 saturated carbocycles. The van der Waals surface area contributed by atoms with Gasteiger partial charge in [0.25, 0.3) is 17.7 Å². The second-order valence-corrected chi connectivity index (χ2v) is 17.0. The van der Waals surface area contributed by atoms with E-state index in [0.29, 0.717) is 52.8 Å². The van der Waals surface area contributed by atoms with Crippen LogP contribution in [0.4, 0.5) is 39.5 Å². The number of allylic oxidation sites excluding steroid dienone is 4. The Morgan fingerprint density at radius 2 is 1.00 bits per heavy atom. The highest BCUT2D eigenvalue weighted by Gasteiger charge is 2.40. The minimum Gasteiger partial charge on any atom is -0.349 e. The van der Waals surface area contributed by atoms with Crippen LogP contribution in [0.25, 0.3) is 5.57 Å². The summed E-state index contributed by atoms with van der Waals surface area (Å²) in [5, 5.41) is 8.71. The Morgan fingerprint density at radius 3 is 1.39 bits per heavy atom. The van der Waals surface area contributed by atoms with Crippen LogP contribution in [0, 0.1) is 0 Å². The van der Waals surface area contributed by atoms with Crippen LogP contribution >= 0.6 is 45.8 Å². The summed E-state index contributed by atoms with van der Waals surface area (Å²) in [6, 6.07) is 20.7. The highest BCUT2D eigenvalue weighted by molar-refractivity contribution is 14.1. The molecule has 0 radical (unpaired) electrons. The number of amides is 3. The topological polar surface area (TPSA) is 113 Å². The van der Waals surface area contributed by atoms with Crippen molar-refractivity contribution in [3.63, 3.8) is 0 Å². The highest BCUT2D eigenvalue weighted by atomic mass is 127. The molecule has 5 aromatic rings. The third-order valence-corrected chi connectivity index (χ3v) is 12.5. The molecule has 8 nitrogen and oxygen atoms in total. The van der Waals surface area contributed by atoms with E-state index in [2.05, 4.69) is 48.5 Å². The molecule has 2 atom stereocenters. The lowest BCUT2D eigenvalue weighted by Gasteiger charge is -2.37. The number of nitrogens with zero attached hydrogens (tertiary/aromatic N) is 2. The Labute approximate surface area is 395 Å². The molecule has 8 rings (SSSR count). The van der Waals surface area contributed by atoms with E-state index in [-0.39, 0.29) is 23.1 Å². The largest absolute Gasteiger partial charge is 0.417 e. The smallest absolute Gasteiger partial charge is 0.349 e. The maximum atomic E-state index is 13.0. The maximum Gasteiger partial charge on any atom is 0.417 e. The first-order valence-electron chi connectivity index (χ1n) is 19.9. The number of rotatable bonds is 8. The second kappa shape index (κ2) is 21.0. The Kier molecular flexibility index (Phi) is 15.9. The van der Waals surface area contributed by atoms with Gasteiger partial charge in [0.15, 0.2) is 0 Å². The number of alkyl halides is 9. The molecule has 2 aromatic heterocycles. The van der Waals surface area contributed by atoms with Crippen molar-refractivity contribution in [1.82, 2.24) is 25.9 Å². The van der Waals surface area contributed by atoms with Crippen molar-refractivity contribution in [3.8, 4) is 0 Å². The summed E-state index contributed by atoms with van der Waals surface area (Å²) in [6.45, 7) is 0. The molecule has 20 heteroatoms. The van der Waals surface area contributed by atoms with Crippen LogP contribution in [0.2, 0.25) is 10.0 Å². The SMILES string of the molecule is O=C(NC1=C(I)CC1)c1ccccc1C(F)(F)F.O=C(NC1=C(c2ncccc2Cl)CC1)c1ccccc1C(F)(F)F.O=C(NC1CC[C@@H]1c1ncccc1Cl)c1ccccc1C(F)(F)F. The molecule has 3 N–H and O–H groups in total. The standard InChI is InChI=1S/C17H14ClF3N2O.C17H12ClF3N2O.C12H9F3INO/c2*18-13-6-3-9-22-15(13)11-7-8-14(11)23-16(24)10-4-1-2-5-12(10)17(19,20)21;13-12(14,15)8-4-2-1-3-7(8)11(18)17-10-6-5-9(10)16/h1-6,9,11,14H,7-8H2,(H,23,24);1-6,9H,7-8H2,(H,23,24);1-4H,5-6H2,(H,17,18)/t11-,14?;;/m0../s1. The molecular weight excluding hydrogens is 1040 g/mol. The van der Waals surface area contributed by atoms with Gasteiger partial charge in [-0.2, -0.15) is 39.5 Å². The van der Waals surface area contributed by atoms with Gasteiger partial charge >= 0.3 is 18.5 Å². The van der Waals surface area contributed by atoms with E-state index in [1.165, 1.54) is 48.5 Å². The van der Waals surface area contributed by atoms with Gasteiger partial charge < -0.3 is 16.0 Å². The van der Waals surface area contributed by atoms with Gasteiger partial charge in [-0.3, -0.25) is 24.4 Å². The normalized spacial score (nSPS) is 16.8. The number of hydrogen-bond acceptors (Lipinski definition) is 5. The number of hydrogen-bond donors (Lipinski definition) is 3. The third-order valence-electron chi connectivity index (χ3n) is 10.6. The molecular formula is C46H35Cl2F9IN5O3. The lowest BCUT2D eigenvalue weighted by molar-refractivity contribution is -0.138. The zero-order chi connectivity index (χ0) is 48.0. The Hall–Kier alpha value is -5.47. The molecule has 1 fully saturated rings. The molecule has 66 heavy (non-hydrogen) atoms. The van der Waals surface area contributed by atoms with Crippen LogP contribution < -0.4 is 16.0 Å². The summed E-state index contributed by atoms with van der Waals surface area (Å²) in [5.74, 6) is -2.31. The lowest BCUT2D eigenvalue weighted by atomic mass is 9.77. The van der Waals surface area contributed by atoms with Crippen LogP contribution in [-0.2, 0) is 18.5 Å². The molecule has 0 aliphatic heterocycles. The van der Waals surface area contributed by atoms with Gasteiger partial charge in [0.2, 0.25) is 0 Å². The quantitative estimate of drug-likeness (QED) is 0.106. The molecule has 0 saturated heterocycles. The number of pyridine rings is 2. The second-order valence-electron chi connectivity index (χ2n) is 14.8. The maximum absolute atomic E-state index is 13.0. The first-order chi connectivity index (χ1) is 31.1. The van der Waals surface area contributed by atoms with E-state index in [4.69, 9.17) is 23.2 Å². The minimum atomic E-state index is -4.59. The van der Waals surface area contributed by atoms with E-state index < -0.39 is 58.5 Å². The van der Waals surface area contributed by atoms with Crippen LogP contribution in [0.15, 0.2) is 124 Å². The summed E-state index contributed by atoms with van der Waals surface area (Å²) < 4.78 is 117. The number of nitrogens with one attached hydrogen (secondary N) is 3. The molecule has 0 bridgehead atoms. The first kappa shape index (κ1) is 50.0. The molecule has 2 heterocycles. The van der Waals surface area contributed by atoms with E-state index in [0.717, 1.165) is 52.0 Å². The Bertz CT molecular complexity index is 2690. The van der Waals surface area contributed by atoms with Crippen LogP contribution in [0.3, 0.4) is 0 Å². The molecule has 3 amide bonds. The predicted octanol–water partition coefficient (Wildman–Crippen LogP) is 13.0. The fourth-order valence-electron chi connectivity index (χ4n) is 6.97. The number of halogens is 12. The molecule has 3 aliphatic rings. The number of carbonyl (C=O) groups is 3. The van der Waals surface area contributed by atoms with Gasteiger partial charge in [-0.05, 0) is 127 Å². The molecule has 3 aliphatic carbocycles. The fraction of sp³-hybridized carbons (Fsp3) is 0.239. The Balaban J connectivity index is 0.000000166. The van der Waals surface area contributed by atoms with E-state index >= 15 is 0 Å². The van der Waals surface area contributed by atoms with Crippen molar-refractivity contribution in [1.29, 1.82) is 0 Å². The summed E-state index contributed by atoms with van der Waals surface area (Å²) in [4.78, 5) is 44.8. The van der Waals surface area contributed by atoms with Gasteiger partial charge in [0.1, 0.15) is 0 Å². The third kappa shape index (κ3) is 12.1. The number of benzene rings is 3. The average molecular weight is 1070 g/mol. The van der Waals surface area contributed by atoms with Gasteiger partial charge in [0, 0.05) is 39.3 Å². The minimum absolute atomic E-state index is 0.0827. The van der Waals surface area contributed by atoms with Crippen molar-refractivity contribution in [2.45, 2.75) is 69.0 Å². The molecule has 346 valence electrons. The summed E-state index contributed by atoms with van der Waals surface area (Å²) in [6.07, 6.45) is -6.24. The van der Waals surface area contributed by atoms with Crippen molar-refractivity contribution in [2.75, 3.05) is 0 Å². The van der Waals surface area contributed by atoms with Gasteiger partial charge in [-0.1, -0.05) is 59.6 Å². The first-order valence-corrected chi connectivity index (χ1v) is 21.7. The van der Waals surface area contributed by atoms with Crippen molar-refractivity contribution < 1.29 is 53.9 Å². The van der Waals surface area contributed by atoms with Crippen molar-refractivity contribution in [2.24, 2.45) is 0 Å². The predicted molar refractivity (Wildman–Crippen MR) is 237 cm³/mol. The zero-order valence-corrected chi connectivity index (χ0v) is 37.6. The number of aromatic nitrogens is 2. The van der Waals surface area contributed by atoms with Crippen molar-refractivity contribution >= 4 is 69.1 Å². The molecule has 0 spiro atoms. The van der Waals surface area contributed by atoms with Crippen molar-refractivity contribution in [3.05, 3.63) is 179 Å². The molecule has 3 aromatic carbocycles. The summed E-state index contributed by atoms with van der Waals surface area (Å²) in [7, 11) is 0. The van der Waals surface area contributed by atoms with Gasteiger partial charge in [-0.15, -0.1) is 0 Å². The zero-order valence-electron chi connectivity index (χ0n) is 33.9. The van der Waals surface area contributed by atoms with Gasteiger partial charge in [-0.25, -0.2) is 0 Å². The van der Waals surface area contributed by atoms with E-state index in [9.17, 15) is 53.9 Å². The van der Waals surface area contributed by atoms with E-state index in [1.807, 2.05) is 0 Å². The van der Waals surface area contributed by atoms with Crippen LogP contribution in [0.1, 0.15) is 104 Å². The number of carbonyl (C=O) groups excluding carboxylic acids is 3. The average Bonchev–Trinajstić information content (AvgIpc) is 3.26. The fourth-order valence-corrected chi connectivity index (χ4v) is 8.14. The van der Waals surface area contributed by atoms with Gasteiger partial charge in [0.05, 0.1) is 54.8 Å². The van der Waals surface area contributed by atoms with Crippen LogP contribution in [0.5, 0.6) is 0 Å². The highest BCUT2D eigenvalue weighted by Crippen LogP contribution is 2.41. The lowest BCUT2D eigenvalue weighted by Crippen LogP contribution is -2.46.